The van der Waals surface area contributed by atoms with E-state index in [-0.39, 0.29) is 23.7 Å². The Bertz CT molecular complexity index is 1050. The highest BCUT2D eigenvalue weighted by Crippen LogP contribution is 2.28. The summed E-state index contributed by atoms with van der Waals surface area (Å²) < 4.78 is 20.6. The van der Waals surface area contributed by atoms with Crippen molar-refractivity contribution in [2.45, 2.75) is 44.8 Å². The summed E-state index contributed by atoms with van der Waals surface area (Å²) in [4.78, 5) is 13.1. The van der Waals surface area contributed by atoms with Crippen LogP contribution < -0.4 is 10.1 Å². The van der Waals surface area contributed by atoms with Gasteiger partial charge in [-0.05, 0) is 80.8 Å². The van der Waals surface area contributed by atoms with Crippen LogP contribution >= 0.6 is 23.2 Å². The topological polar surface area (TPSA) is 38.3 Å². The molecule has 0 spiro atoms. The molecule has 0 bridgehead atoms. The molecule has 0 heterocycles. The summed E-state index contributed by atoms with van der Waals surface area (Å²) in [7, 11) is 0. The zero-order valence-electron chi connectivity index (χ0n) is 18.2. The van der Waals surface area contributed by atoms with Crippen LogP contribution in [0.25, 0.3) is 0 Å². The van der Waals surface area contributed by atoms with Crippen molar-refractivity contribution in [3.8, 4) is 5.75 Å². The zero-order valence-corrected chi connectivity index (χ0v) is 19.8. The largest absolute Gasteiger partial charge is 0.478 e. The molecule has 2 atom stereocenters. The fourth-order valence-electron chi connectivity index (χ4n) is 3.53. The van der Waals surface area contributed by atoms with Crippen molar-refractivity contribution >= 4 is 29.1 Å². The van der Waals surface area contributed by atoms with E-state index in [1.54, 1.807) is 56.3 Å². The summed E-state index contributed by atoms with van der Waals surface area (Å²) in [5.41, 5.74) is 0.411. The number of halogens is 3. The van der Waals surface area contributed by atoms with Gasteiger partial charge in [-0.25, -0.2) is 4.39 Å². The van der Waals surface area contributed by atoms with Crippen molar-refractivity contribution in [2.75, 3.05) is 0 Å². The van der Waals surface area contributed by atoms with Crippen LogP contribution in [-0.4, -0.2) is 17.6 Å². The van der Waals surface area contributed by atoms with E-state index in [1.807, 2.05) is 31.2 Å². The molecule has 6 heteroatoms. The van der Waals surface area contributed by atoms with Gasteiger partial charge < -0.3 is 10.1 Å². The van der Waals surface area contributed by atoms with Gasteiger partial charge in [0.2, 0.25) is 0 Å². The molecule has 0 aliphatic heterocycles. The van der Waals surface area contributed by atoms with Gasteiger partial charge in [-0.1, -0.05) is 53.5 Å². The Morgan fingerprint density at radius 2 is 1.53 bits per heavy atom. The fraction of sp³-hybridized carbons (Fsp3) is 0.269. The third-order valence-electron chi connectivity index (χ3n) is 5.37. The van der Waals surface area contributed by atoms with E-state index in [0.29, 0.717) is 27.8 Å². The number of ether oxygens (including phenoxy) is 1. The van der Waals surface area contributed by atoms with Crippen molar-refractivity contribution in [2.24, 2.45) is 0 Å². The SMILES string of the molecule is CC(NC(=O)C(C)(C)Oc1ccc(Cl)cc1)C(Cc1ccc(Cl)cc1)c1ccccc1F. The van der Waals surface area contributed by atoms with E-state index in [4.69, 9.17) is 27.9 Å². The number of hydrogen-bond donors (Lipinski definition) is 1. The molecule has 0 saturated heterocycles. The van der Waals surface area contributed by atoms with Crippen molar-refractivity contribution in [1.82, 2.24) is 5.32 Å². The van der Waals surface area contributed by atoms with E-state index in [1.165, 1.54) is 6.07 Å². The Morgan fingerprint density at radius 1 is 0.969 bits per heavy atom. The zero-order chi connectivity index (χ0) is 23.3. The monoisotopic (exact) mass is 473 g/mol. The Hall–Kier alpha value is -2.56. The summed E-state index contributed by atoms with van der Waals surface area (Å²) in [5.74, 6) is -0.344. The van der Waals surface area contributed by atoms with Gasteiger partial charge in [0.05, 0.1) is 0 Å². The number of rotatable bonds is 8. The molecule has 3 aromatic carbocycles. The number of hydrogen-bond acceptors (Lipinski definition) is 2. The molecular weight excluding hydrogens is 448 g/mol. The second-order valence-electron chi connectivity index (χ2n) is 8.29. The maximum absolute atomic E-state index is 14.7. The highest BCUT2D eigenvalue weighted by molar-refractivity contribution is 6.30. The molecule has 3 nitrogen and oxygen atoms in total. The van der Waals surface area contributed by atoms with Gasteiger partial charge in [0.25, 0.3) is 5.91 Å². The van der Waals surface area contributed by atoms with Crippen LogP contribution in [0.3, 0.4) is 0 Å². The van der Waals surface area contributed by atoms with E-state index in [0.717, 1.165) is 5.56 Å². The first kappa shape index (κ1) is 24.1. The summed E-state index contributed by atoms with van der Waals surface area (Å²) in [6, 6.07) is 20.6. The van der Waals surface area contributed by atoms with Crippen molar-refractivity contribution in [3.05, 3.63) is 99.8 Å². The molecule has 0 aromatic heterocycles. The fourth-order valence-corrected chi connectivity index (χ4v) is 3.78. The summed E-state index contributed by atoms with van der Waals surface area (Å²) in [6.07, 6.45) is 0.540. The van der Waals surface area contributed by atoms with E-state index >= 15 is 0 Å². The van der Waals surface area contributed by atoms with Crippen molar-refractivity contribution in [1.29, 1.82) is 0 Å². The maximum Gasteiger partial charge on any atom is 0.263 e. The van der Waals surface area contributed by atoms with Gasteiger partial charge in [0, 0.05) is 22.0 Å². The van der Waals surface area contributed by atoms with Crippen LogP contribution in [0.15, 0.2) is 72.8 Å². The average Bonchev–Trinajstić information content (AvgIpc) is 2.75. The predicted octanol–water partition coefficient (Wildman–Crippen LogP) is 6.82. The third-order valence-corrected chi connectivity index (χ3v) is 5.87. The van der Waals surface area contributed by atoms with Crippen LogP contribution in [0.2, 0.25) is 10.0 Å². The lowest BCUT2D eigenvalue weighted by molar-refractivity contribution is -0.135. The second kappa shape index (κ2) is 10.4. The lowest BCUT2D eigenvalue weighted by Gasteiger charge is -2.31. The first-order valence-electron chi connectivity index (χ1n) is 10.4. The normalized spacial score (nSPS) is 13.3. The Kier molecular flexibility index (Phi) is 7.81. The number of amides is 1. The highest BCUT2D eigenvalue weighted by atomic mass is 35.5. The van der Waals surface area contributed by atoms with Crippen LogP contribution in [-0.2, 0) is 11.2 Å². The summed E-state index contributed by atoms with van der Waals surface area (Å²) in [5, 5.41) is 4.25. The minimum atomic E-state index is -1.14. The second-order valence-corrected chi connectivity index (χ2v) is 9.16. The van der Waals surface area contributed by atoms with E-state index < -0.39 is 5.60 Å². The molecule has 32 heavy (non-hydrogen) atoms. The van der Waals surface area contributed by atoms with Gasteiger partial charge in [-0.15, -0.1) is 0 Å². The molecule has 0 aliphatic rings. The number of carbonyl (C=O) groups excluding carboxylic acids is 1. The van der Waals surface area contributed by atoms with Crippen molar-refractivity contribution in [3.63, 3.8) is 0 Å². The van der Waals surface area contributed by atoms with Crippen LogP contribution in [0.5, 0.6) is 5.75 Å². The molecule has 0 aliphatic carbocycles. The molecule has 3 aromatic rings. The minimum Gasteiger partial charge on any atom is -0.478 e. The average molecular weight is 474 g/mol. The Labute approximate surface area is 198 Å². The van der Waals surface area contributed by atoms with E-state index in [9.17, 15) is 9.18 Å². The molecule has 3 rings (SSSR count). The van der Waals surface area contributed by atoms with Crippen LogP contribution in [0, 0.1) is 5.82 Å². The van der Waals surface area contributed by atoms with Gasteiger partial charge >= 0.3 is 0 Å². The third kappa shape index (κ3) is 6.24. The molecule has 168 valence electrons. The molecular formula is C26H26Cl2FNO2. The van der Waals surface area contributed by atoms with Gasteiger partial charge in [-0.3, -0.25) is 4.79 Å². The molecule has 1 amide bonds. The minimum absolute atomic E-state index is 0.285. The van der Waals surface area contributed by atoms with E-state index in [2.05, 4.69) is 5.32 Å². The van der Waals surface area contributed by atoms with Gasteiger partial charge in [-0.2, -0.15) is 0 Å². The standard InChI is InChI=1S/C26H26Cl2FNO2/c1-17(30-25(31)26(2,3)32-21-14-12-20(28)13-15-21)23(22-6-4-5-7-24(22)29)16-18-8-10-19(27)11-9-18/h4-15,17,23H,16H2,1-3H3,(H,30,31). The highest BCUT2D eigenvalue weighted by Gasteiger charge is 2.33. The Balaban J connectivity index is 1.79. The Morgan fingerprint density at radius 3 is 2.12 bits per heavy atom. The lowest BCUT2D eigenvalue weighted by Crippen LogP contribution is -2.51. The first-order valence-corrected chi connectivity index (χ1v) is 11.2. The molecule has 0 radical (unpaired) electrons. The summed E-state index contributed by atoms with van der Waals surface area (Å²) in [6.45, 7) is 5.27. The van der Waals surface area contributed by atoms with Crippen LogP contribution in [0.4, 0.5) is 4.39 Å². The van der Waals surface area contributed by atoms with Crippen LogP contribution in [0.1, 0.15) is 37.8 Å². The smallest absolute Gasteiger partial charge is 0.263 e. The molecule has 2 unspecified atom stereocenters. The van der Waals surface area contributed by atoms with Gasteiger partial charge in [0.1, 0.15) is 11.6 Å². The molecule has 0 fully saturated rings. The molecule has 0 saturated carbocycles. The first-order chi connectivity index (χ1) is 15.2. The quantitative estimate of drug-likeness (QED) is 0.389. The maximum atomic E-state index is 14.7. The molecule has 1 N–H and O–H groups in total. The number of nitrogens with one attached hydrogen (secondary N) is 1. The van der Waals surface area contributed by atoms with Crippen molar-refractivity contribution < 1.29 is 13.9 Å². The predicted molar refractivity (Wildman–Crippen MR) is 128 cm³/mol. The van der Waals surface area contributed by atoms with Gasteiger partial charge in [0.15, 0.2) is 5.60 Å². The lowest BCUT2D eigenvalue weighted by atomic mass is 9.86. The number of benzene rings is 3. The summed E-state index contributed by atoms with van der Waals surface area (Å²) >= 11 is 11.9. The number of carbonyl (C=O) groups is 1.